The van der Waals surface area contributed by atoms with Gasteiger partial charge in [0.1, 0.15) is 12.4 Å². The molecule has 0 aromatic rings. The van der Waals surface area contributed by atoms with Crippen LogP contribution >= 0.6 is 0 Å². The third-order valence-electron chi connectivity index (χ3n) is 6.09. The van der Waals surface area contributed by atoms with Gasteiger partial charge in [-0.25, -0.2) is 0 Å². The van der Waals surface area contributed by atoms with Crippen LogP contribution in [0.2, 0.25) is 0 Å². The lowest BCUT2D eigenvalue weighted by atomic mass is 9.97. The average molecular weight is 427 g/mol. The number of carbonyl (C=O) groups excluding carboxylic acids is 2. The zero-order chi connectivity index (χ0) is 22.5. The predicted molar refractivity (Wildman–Crippen MR) is 126 cm³/mol. The maximum atomic E-state index is 12.7. The molecule has 0 aliphatic carbocycles. The van der Waals surface area contributed by atoms with Crippen molar-refractivity contribution in [2.24, 2.45) is 5.92 Å². The van der Waals surface area contributed by atoms with Gasteiger partial charge in [0.15, 0.2) is 0 Å². The van der Waals surface area contributed by atoms with Crippen molar-refractivity contribution in [3.8, 4) is 0 Å². The topological polar surface area (TPSA) is 63.6 Å². The van der Waals surface area contributed by atoms with Gasteiger partial charge >= 0.3 is 5.97 Å². The molecule has 4 nitrogen and oxygen atoms in total. The van der Waals surface area contributed by atoms with Crippen LogP contribution in [-0.4, -0.2) is 29.6 Å². The number of aldehydes is 1. The summed E-state index contributed by atoms with van der Waals surface area (Å²) < 4.78 is 5.87. The van der Waals surface area contributed by atoms with Crippen molar-refractivity contribution in [3.63, 3.8) is 0 Å². The van der Waals surface area contributed by atoms with Crippen LogP contribution in [-0.2, 0) is 14.3 Å². The third kappa shape index (κ3) is 15.9. The number of carbonyl (C=O) groups is 2. The van der Waals surface area contributed by atoms with E-state index in [1.165, 1.54) is 25.7 Å². The minimum Gasteiger partial charge on any atom is -0.459 e. The Hall–Kier alpha value is -0.900. The van der Waals surface area contributed by atoms with Gasteiger partial charge in [0, 0.05) is 6.42 Å². The Bertz CT molecular complexity index is 396. The van der Waals surface area contributed by atoms with Gasteiger partial charge in [0.2, 0.25) is 0 Å². The number of unbranched alkanes of at least 4 members (excludes halogenated alkanes) is 11. The first-order valence-electron chi connectivity index (χ1n) is 12.9. The molecule has 0 rings (SSSR count). The maximum absolute atomic E-state index is 12.7. The minimum atomic E-state index is -0.557. The number of aliphatic hydroxyl groups excluding tert-OH is 1. The Morgan fingerprint density at radius 2 is 1.33 bits per heavy atom. The molecule has 0 bridgehead atoms. The lowest BCUT2D eigenvalue weighted by Gasteiger charge is -2.25. The molecule has 30 heavy (non-hydrogen) atoms. The lowest BCUT2D eigenvalue weighted by Crippen LogP contribution is -2.33. The molecule has 0 heterocycles. The monoisotopic (exact) mass is 426 g/mol. The van der Waals surface area contributed by atoms with Crippen molar-refractivity contribution in [1.82, 2.24) is 0 Å². The summed E-state index contributed by atoms with van der Waals surface area (Å²) in [6, 6.07) is 0. The SMILES string of the molecule is CCCCCCCCC(O)C(CCCCCCCC=O)OC(=O)C(CC)CCCC. The van der Waals surface area contributed by atoms with E-state index in [9.17, 15) is 14.7 Å². The smallest absolute Gasteiger partial charge is 0.309 e. The molecule has 0 spiro atoms. The van der Waals surface area contributed by atoms with Crippen molar-refractivity contribution >= 4 is 12.3 Å². The van der Waals surface area contributed by atoms with Crippen molar-refractivity contribution in [2.75, 3.05) is 0 Å². The van der Waals surface area contributed by atoms with Gasteiger partial charge in [-0.2, -0.15) is 0 Å². The average Bonchev–Trinajstić information content (AvgIpc) is 2.75. The summed E-state index contributed by atoms with van der Waals surface area (Å²) in [6.45, 7) is 6.40. The molecular formula is C26H50O4. The Labute approximate surface area is 186 Å². The Morgan fingerprint density at radius 3 is 1.93 bits per heavy atom. The summed E-state index contributed by atoms with van der Waals surface area (Å²) in [6.07, 6.45) is 18.2. The van der Waals surface area contributed by atoms with Crippen LogP contribution in [0, 0.1) is 5.92 Å². The van der Waals surface area contributed by atoms with Crippen LogP contribution in [0.3, 0.4) is 0 Å². The van der Waals surface area contributed by atoms with E-state index < -0.39 is 6.10 Å². The van der Waals surface area contributed by atoms with Crippen molar-refractivity contribution in [3.05, 3.63) is 0 Å². The summed E-state index contributed by atoms with van der Waals surface area (Å²) in [5.41, 5.74) is 0. The molecule has 0 aromatic carbocycles. The first kappa shape index (κ1) is 29.1. The quantitative estimate of drug-likeness (QED) is 0.113. The molecule has 0 aliphatic rings. The van der Waals surface area contributed by atoms with Crippen LogP contribution in [0.5, 0.6) is 0 Å². The van der Waals surface area contributed by atoms with Gasteiger partial charge in [-0.1, -0.05) is 91.4 Å². The maximum Gasteiger partial charge on any atom is 0.309 e. The van der Waals surface area contributed by atoms with Gasteiger partial charge in [-0.15, -0.1) is 0 Å². The van der Waals surface area contributed by atoms with Crippen LogP contribution in [0.15, 0.2) is 0 Å². The largest absolute Gasteiger partial charge is 0.459 e. The Kier molecular flexibility index (Phi) is 20.7. The zero-order valence-corrected chi connectivity index (χ0v) is 20.2. The highest BCUT2D eigenvalue weighted by Gasteiger charge is 2.26. The van der Waals surface area contributed by atoms with E-state index in [0.717, 1.165) is 89.8 Å². The fourth-order valence-electron chi connectivity index (χ4n) is 3.94. The van der Waals surface area contributed by atoms with E-state index in [2.05, 4.69) is 13.8 Å². The molecule has 0 saturated carbocycles. The van der Waals surface area contributed by atoms with E-state index in [-0.39, 0.29) is 18.0 Å². The summed E-state index contributed by atoms with van der Waals surface area (Å²) in [5.74, 6) is -0.166. The predicted octanol–water partition coefficient (Wildman–Crippen LogP) is 7.16. The summed E-state index contributed by atoms with van der Waals surface area (Å²) >= 11 is 0. The standard InChI is InChI=1S/C26H50O4/c1-4-7-9-10-13-16-20-24(28)25(21-17-14-11-12-15-18-22-27)30-26(29)23(6-3)19-8-5-2/h22-25,28H,4-21H2,1-3H3. The molecule has 0 amide bonds. The normalized spacial score (nSPS) is 14.3. The summed E-state index contributed by atoms with van der Waals surface area (Å²) in [4.78, 5) is 23.1. The Morgan fingerprint density at radius 1 is 0.767 bits per heavy atom. The molecule has 0 fully saturated rings. The highest BCUT2D eigenvalue weighted by Crippen LogP contribution is 2.21. The number of esters is 1. The third-order valence-corrected chi connectivity index (χ3v) is 6.09. The zero-order valence-electron chi connectivity index (χ0n) is 20.2. The van der Waals surface area contributed by atoms with Crippen LogP contribution in [0.1, 0.15) is 136 Å². The fraction of sp³-hybridized carbons (Fsp3) is 0.923. The van der Waals surface area contributed by atoms with Gasteiger partial charge in [-0.3, -0.25) is 4.79 Å². The molecule has 1 N–H and O–H groups in total. The van der Waals surface area contributed by atoms with Crippen molar-refractivity contribution < 1.29 is 19.4 Å². The van der Waals surface area contributed by atoms with Crippen molar-refractivity contribution in [1.29, 1.82) is 0 Å². The van der Waals surface area contributed by atoms with E-state index in [1.54, 1.807) is 0 Å². The summed E-state index contributed by atoms with van der Waals surface area (Å²) in [5, 5.41) is 10.7. The Balaban J connectivity index is 4.50. The first-order valence-corrected chi connectivity index (χ1v) is 12.9. The fourth-order valence-corrected chi connectivity index (χ4v) is 3.94. The van der Waals surface area contributed by atoms with Crippen molar-refractivity contribution in [2.45, 2.75) is 149 Å². The molecule has 3 unspecified atom stereocenters. The lowest BCUT2D eigenvalue weighted by molar-refractivity contribution is -0.161. The number of ether oxygens (including phenoxy) is 1. The number of rotatable bonds is 22. The molecule has 0 aliphatic heterocycles. The number of hydrogen-bond donors (Lipinski definition) is 1. The molecular weight excluding hydrogens is 376 g/mol. The first-order chi connectivity index (χ1) is 14.6. The van der Waals surface area contributed by atoms with E-state index in [0.29, 0.717) is 6.42 Å². The van der Waals surface area contributed by atoms with E-state index in [4.69, 9.17) is 4.74 Å². The second-order valence-corrected chi connectivity index (χ2v) is 8.86. The minimum absolute atomic E-state index is 0.0444. The van der Waals surface area contributed by atoms with Gasteiger partial charge < -0.3 is 14.6 Å². The van der Waals surface area contributed by atoms with E-state index >= 15 is 0 Å². The molecule has 0 aromatic heterocycles. The molecule has 0 saturated heterocycles. The van der Waals surface area contributed by atoms with Crippen LogP contribution < -0.4 is 0 Å². The summed E-state index contributed by atoms with van der Waals surface area (Å²) in [7, 11) is 0. The second-order valence-electron chi connectivity index (χ2n) is 8.86. The van der Waals surface area contributed by atoms with Gasteiger partial charge in [-0.05, 0) is 38.5 Å². The van der Waals surface area contributed by atoms with E-state index in [1.807, 2.05) is 6.92 Å². The van der Waals surface area contributed by atoms with Gasteiger partial charge in [0.25, 0.3) is 0 Å². The second kappa shape index (κ2) is 21.3. The molecule has 3 atom stereocenters. The highest BCUT2D eigenvalue weighted by atomic mass is 16.6. The molecule has 178 valence electrons. The van der Waals surface area contributed by atoms with Crippen LogP contribution in [0.25, 0.3) is 0 Å². The number of aliphatic hydroxyl groups is 1. The highest BCUT2D eigenvalue weighted by molar-refractivity contribution is 5.72. The number of hydrogen-bond acceptors (Lipinski definition) is 4. The van der Waals surface area contributed by atoms with Gasteiger partial charge in [0.05, 0.1) is 12.0 Å². The molecule has 4 heteroatoms. The molecule has 0 radical (unpaired) electrons. The van der Waals surface area contributed by atoms with Crippen LogP contribution in [0.4, 0.5) is 0 Å².